The van der Waals surface area contributed by atoms with Gasteiger partial charge in [0.05, 0.1) is 34.5 Å². The van der Waals surface area contributed by atoms with Crippen molar-refractivity contribution in [2.24, 2.45) is 0 Å². The molecule has 4 nitrogen and oxygen atoms in total. The molecule has 0 N–H and O–H groups in total. The molecule has 3 aromatic rings. The van der Waals surface area contributed by atoms with Gasteiger partial charge in [-0.25, -0.2) is 4.98 Å². The summed E-state index contributed by atoms with van der Waals surface area (Å²) >= 11 is 1.60. The summed E-state index contributed by atoms with van der Waals surface area (Å²) in [6, 6.07) is 5.57. The highest BCUT2D eigenvalue weighted by molar-refractivity contribution is 7.09. The Labute approximate surface area is 158 Å². The number of hydrogen-bond donors (Lipinski definition) is 0. The standard InChI is InChI=1S/C19H18F3N3OS/c1-12-24-14(11-27-12)10-26-15-5-7-25(9-15)18-4-6-23-17-8-13(19(20,21)22)2-3-16(17)18/h2-4,6,8,11,15H,5,7,9-10H2,1H3. The largest absolute Gasteiger partial charge is 0.416 e. The monoisotopic (exact) mass is 393 g/mol. The number of anilines is 1. The van der Waals surface area contributed by atoms with Crippen LogP contribution < -0.4 is 4.90 Å². The summed E-state index contributed by atoms with van der Waals surface area (Å²) in [5.41, 5.74) is 1.50. The number of thiazole rings is 1. The topological polar surface area (TPSA) is 38.2 Å². The molecular formula is C19H18F3N3OS. The third-order valence-corrected chi connectivity index (χ3v) is 5.49. The Morgan fingerprint density at radius 1 is 1.30 bits per heavy atom. The van der Waals surface area contributed by atoms with Crippen LogP contribution in [0.25, 0.3) is 10.9 Å². The van der Waals surface area contributed by atoms with E-state index < -0.39 is 11.7 Å². The zero-order valence-electron chi connectivity index (χ0n) is 14.7. The minimum absolute atomic E-state index is 0.0738. The number of benzene rings is 1. The van der Waals surface area contributed by atoms with E-state index in [0.717, 1.165) is 46.9 Å². The van der Waals surface area contributed by atoms with Crippen molar-refractivity contribution in [2.75, 3.05) is 18.0 Å². The van der Waals surface area contributed by atoms with Crippen molar-refractivity contribution >= 4 is 27.9 Å². The third-order valence-electron chi connectivity index (χ3n) is 4.67. The number of fused-ring (bicyclic) bond motifs is 1. The molecule has 4 rings (SSSR count). The molecule has 1 aliphatic heterocycles. The van der Waals surface area contributed by atoms with E-state index in [4.69, 9.17) is 4.74 Å². The first kappa shape index (κ1) is 18.2. The first-order valence-corrected chi connectivity index (χ1v) is 9.51. The van der Waals surface area contributed by atoms with Gasteiger partial charge in [-0.15, -0.1) is 11.3 Å². The SMILES string of the molecule is Cc1nc(COC2CCN(c3ccnc4cc(C(F)(F)F)ccc34)C2)cs1. The molecule has 1 atom stereocenters. The summed E-state index contributed by atoms with van der Waals surface area (Å²) in [6.45, 7) is 3.93. The Hall–Kier alpha value is -2.19. The van der Waals surface area contributed by atoms with Gasteiger partial charge < -0.3 is 9.64 Å². The molecule has 0 aliphatic carbocycles. The fourth-order valence-corrected chi connectivity index (χ4v) is 3.94. The van der Waals surface area contributed by atoms with Crippen LogP contribution >= 0.6 is 11.3 Å². The summed E-state index contributed by atoms with van der Waals surface area (Å²) in [4.78, 5) is 10.7. The average Bonchev–Trinajstić information content (AvgIpc) is 3.27. The van der Waals surface area contributed by atoms with Crippen LogP contribution in [-0.2, 0) is 17.5 Å². The lowest BCUT2D eigenvalue weighted by atomic mass is 10.1. The lowest BCUT2D eigenvalue weighted by Gasteiger charge is -2.21. The molecule has 3 heterocycles. The van der Waals surface area contributed by atoms with Crippen molar-refractivity contribution in [3.63, 3.8) is 0 Å². The van der Waals surface area contributed by atoms with Crippen molar-refractivity contribution in [1.82, 2.24) is 9.97 Å². The molecule has 27 heavy (non-hydrogen) atoms. The number of ether oxygens (including phenoxy) is 1. The van der Waals surface area contributed by atoms with Gasteiger partial charge in [-0.2, -0.15) is 13.2 Å². The number of rotatable bonds is 4. The van der Waals surface area contributed by atoms with Crippen LogP contribution in [0.4, 0.5) is 18.9 Å². The Balaban J connectivity index is 1.49. The maximum Gasteiger partial charge on any atom is 0.416 e. The normalized spacial score (nSPS) is 17.8. The van der Waals surface area contributed by atoms with Crippen molar-refractivity contribution in [1.29, 1.82) is 0 Å². The van der Waals surface area contributed by atoms with Gasteiger partial charge in [-0.3, -0.25) is 4.98 Å². The predicted octanol–water partition coefficient (Wildman–Crippen LogP) is 4.81. The Kier molecular flexibility index (Phi) is 4.77. The third kappa shape index (κ3) is 3.91. The molecule has 0 spiro atoms. The second kappa shape index (κ2) is 7.09. The quantitative estimate of drug-likeness (QED) is 0.637. The van der Waals surface area contributed by atoms with E-state index in [0.29, 0.717) is 18.7 Å². The molecule has 8 heteroatoms. The van der Waals surface area contributed by atoms with Gasteiger partial charge in [-0.05, 0) is 31.5 Å². The lowest BCUT2D eigenvalue weighted by Crippen LogP contribution is -2.23. The van der Waals surface area contributed by atoms with Crippen LogP contribution in [0.1, 0.15) is 22.7 Å². The van der Waals surface area contributed by atoms with Gasteiger partial charge in [0.2, 0.25) is 0 Å². The molecule has 142 valence electrons. The second-order valence-electron chi connectivity index (χ2n) is 6.59. The molecule has 0 bridgehead atoms. The van der Waals surface area contributed by atoms with Crippen LogP contribution in [0, 0.1) is 6.92 Å². The van der Waals surface area contributed by atoms with E-state index in [1.165, 1.54) is 6.07 Å². The fraction of sp³-hybridized carbons (Fsp3) is 0.368. The van der Waals surface area contributed by atoms with E-state index in [1.807, 2.05) is 18.4 Å². The van der Waals surface area contributed by atoms with Crippen LogP contribution in [0.15, 0.2) is 35.8 Å². The van der Waals surface area contributed by atoms with Gasteiger partial charge >= 0.3 is 6.18 Å². The molecule has 2 aromatic heterocycles. The van der Waals surface area contributed by atoms with Gasteiger partial charge in [0.25, 0.3) is 0 Å². The molecule has 0 saturated carbocycles. The second-order valence-corrected chi connectivity index (χ2v) is 7.65. The number of hydrogen-bond acceptors (Lipinski definition) is 5. The van der Waals surface area contributed by atoms with Crippen LogP contribution in [-0.4, -0.2) is 29.2 Å². The summed E-state index contributed by atoms with van der Waals surface area (Å²) in [6.07, 6.45) is -1.87. The number of alkyl halides is 3. The Morgan fingerprint density at radius 2 is 2.15 bits per heavy atom. The van der Waals surface area contributed by atoms with Crippen LogP contribution in [0.2, 0.25) is 0 Å². The van der Waals surface area contributed by atoms with Gasteiger partial charge in [-0.1, -0.05) is 6.07 Å². The molecule has 1 unspecified atom stereocenters. The zero-order chi connectivity index (χ0) is 19.0. The highest BCUT2D eigenvalue weighted by atomic mass is 32.1. The maximum absolute atomic E-state index is 12.9. The minimum atomic E-state index is -4.37. The van der Waals surface area contributed by atoms with E-state index in [9.17, 15) is 13.2 Å². The highest BCUT2D eigenvalue weighted by Gasteiger charge is 2.31. The number of aromatic nitrogens is 2. The molecule has 0 radical (unpaired) electrons. The number of nitrogens with zero attached hydrogens (tertiary/aromatic N) is 3. The van der Waals surface area contributed by atoms with Gasteiger partial charge in [0.1, 0.15) is 0 Å². The molecule has 1 saturated heterocycles. The lowest BCUT2D eigenvalue weighted by molar-refractivity contribution is -0.137. The summed E-state index contributed by atoms with van der Waals surface area (Å²) in [5.74, 6) is 0. The Morgan fingerprint density at radius 3 is 2.89 bits per heavy atom. The minimum Gasteiger partial charge on any atom is -0.370 e. The fourth-order valence-electron chi connectivity index (χ4n) is 3.35. The number of pyridine rings is 1. The average molecular weight is 393 g/mol. The maximum atomic E-state index is 12.9. The van der Waals surface area contributed by atoms with E-state index >= 15 is 0 Å². The van der Waals surface area contributed by atoms with E-state index in [-0.39, 0.29) is 6.10 Å². The molecule has 1 fully saturated rings. The molecular weight excluding hydrogens is 375 g/mol. The van der Waals surface area contributed by atoms with Crippen molar-refractivity contribution in [3.05, 3.63) is 52.1 Å². The zero-order valence-corrected chi connectivity index (χ0v) is 15.5. The number of aryl methyl sites for hydroxylation is 1. The summed E-state index contributed by atoms with van der Waals surface area (Å²) in [7, 11) is 0. The van der Waals surface area contributed by atoms with Crippen molar-refractivity contribution in [3.8, 4) is 0 Å². The molecule has 1 aromatic carbocycles. The smallest absolute Gasteiger partial charge is 0.370 e. The molecule has 1 aliphatic rings. The van der Waals surface area contributed by atoms with E-state index in [2.05, 4.69) is 14.9 Å². The van der Waals surface area contributed by atoms with Crippen molar-refractivity contribution < 1.29 is 17.9 Å². The Bertz CT molecular complexity index is 957. The molecule has 0 amide bonds. The van der Waals surface area contributed by atoms with E-state index in [1.54, 1.807) is 17.5 Å². The highest BCUT2D eigenvalue weighted by Crippen LogP contribution is 2.34. The number of halogens is 3. The predicted molar refractivity (Wildman–Crippen MR) is 99.0 cm³/mol. The summed E-state index contributed by atoms with van der Waals surface area (Å²) in [5, 5.41) is 3.74. The first-order valence-electron chi connectivity index (χ1n) is 8.63. The first-order chi connectivity index (χ1) is 12.9. The summed E-state index contributed by atoms with van der Waals surface area (Å²) < 4.78 is 44.8. The van der Waals surface area contributed by atoms with Crippen LogP contribution in [0.5, 0.6) is 0 Å². The van der Waals surface area contributed by atoms with Gasteiger partial charge in [0.15, 0.2) is 0 Å². The van der Waals surface area contributed by atoms with Crippen molar-refractivity contribution in [2.45, 2.75) is 32.2 Å². The van der Waals surface area contributed by atoms with Crippen LogP contribution in [0.3, 0.4) is 0 Å². The van der Waals surface area contributed by atoms with Gasteiger partial charge in [0, 0.05) is 35.7 Å².